The highest BCUT2D eigenvalue weighted by atomic mass is 15.1. The van der Waals surface area contributed by atoms with Gasteiger partial charge in [-0.25, -0.2) is 9.97 Å². The minimum absolute atomic E-state index is 0.195. The largest absolute Gasteiger partial charge is 0.363 e. The normalized spacial score (nSPS) is 16.5. The van der Waals surface area contributed by atoms with E-state index in [0.717, 1.165) is 24.2 Å². The maximum absolute atomic E-state index is 4.44. The van der Waals surface area contributed by atoms with Crippen LogP contribution < -0.4 is 5.32 Å². The molecule has 1 aliphatic carbocycles. The van der Waals surface area contributed by atoms with Crippen molar-refractivity contribution >= 4 is 5.82 Å². The number of hydrogen-bond donors (Lipinski definition) is 2. The van der Waals surface area contributed by atoms with E-state index >= 15 is 0 Å². The molecule has 2 aromatic rings. The molecule has 0 radical (unpaired) electrons. The molecular formula is C14H19N5. The van der Waals surface area contributed by atoms with E-state index in [1.165, 1.54) is 30.5 Å². The molecule has 0 saturated carbocycles. The van der Waals surface area contributed by atoms with Gasteiger partial charge in [0.15, 0.2) is 0 Å². The van der Waals surface area contributed by atoms with E-state index in [4.69, 9.17) is 0 Å². The van der Waals surface area contributed by atoms with Gasteiger partial charge in [-0.05, 0) is 32.6 Å². The minimum Gasteiger partial charge on any atom is -0.363 e. The molecule has 0 saturated heterocycles. The van der Waals surface area contributed by atoms with Crippen molar-refractivity contribution in [3.63, 3.8) is 0 Å². The molecule has 1 unspecified atom stereocenters. The highest BCUT2D eigenvalue weighted by molar-refractivity contribution is 5.48. The number of aromatic nitrogens is 4. The van der Waals surface area contributed by atoms with Crippen LogP contribution in [0.2, 0.25) is 0 Å². The molecule has 1 atom stereocenters. The fourth-order valence-corrected chi connectivity index (χ4v) is 2.61. The lowest BCUT2D eigenvalue weighted by atomic mass is 10.1. The first-order valence-corrected chi connectivity index (χ1v) is 6.92. The van der Waals surface area contributed by atoms with Crippen LogP contribution in [0, 0.1) is 0 Å². The number of rotatable bonds is 3. The van der Waals surface area contributed by atoms with Gasteiger partial charge in [-0.3, -0.25) is 5.10 Å². The van der Waals surface area contributed by atoms with Crippen LogP contribution in [0.4, 0.5) is 5.82 Å². The summed E-state index contributed by atoms with van der Waals surface area (Å²) in [5, 5.41) is 10.3. The van der Waals surface area contributed by atoms with Crippen LogP contribution in [0.1, 0.15) is 49.0 Å². The summed E-state index contributed by atoms with van der Waals surface area (Å²) < 4.78 is 0. The summed E-state index contributed by atoms with van der Waals surface area (Å²) in [5.74, 6) is 0.987. The second kappa shape index (κ2) is 5.38. The minimum atomic E-state index is 0.195. The Balaban J connectivity index is 1.85. The maximum Gasteiger partial charge on any atom is 0.133 e. The molecule has 0 aliphatic heterocycles. The second-order valence-electron chi connectivity index (χ2n) is 5.11. The van der Waals surface area contributed by atoms with Crippen LogP contribution in [0.3, 0.4) is 0 Å². The Bertz CT molecular complexity index is 535. The number of anilines is 1. The van der Waals surface area contributed by atoms with Crippen molar-refractivity contribution in [2.75, 3.05) is 5.32 Å². The number of H-pyrrole nitrogens is 1. The average Bonchev–Trinajstić information content (AvgIpc) is 2.84. The summed E-state index contributed by atoms with van der Waals surface area (Å²) in [6.07, 6.45) is 11.3. The molecular weight excluding hydrogens is 238 g/mol. The first kappa shape index (κ1) is 12.1. The van der Waals surface area contributed by atoms with Gasteiger partial charge in [0.25, 0.3) is 0 Å². The Morgan fingerprint density at radius 3 is 2.95 bits per heavy atom. The van der Waals surface area contributed by atoms with Gasteiger partial charge in [0.1, 0.15) is 12.1 Å². The SMILES string of the molecule is CC(Nc1ncnc2c1CCCCC2)c1cn[nH]c1. The zero-order chi connectivity index (χ0) is 13.1. The molecule has 0 bridgehead atoms. The molecule has 19 heavy (non-hydrogen) atoms. The van der Waals surface area contributed by atoms with Crippen LogP contribution in [-0.4, -0.2) is 20.2 Å². The molecule has 2 aromatic heterocycles. The number of nitrogens with zero attached hydrogens (tertiary/aromatic N) is 3. The van der Waals surface area contributed by atoms with Gasteiger partial charge in [-0.2, -0.15) is 5.10 Å². The summed E-state index contributed by atoms with van der Waals surface area (Å²) in [4.78, 5) is 8.87. The van der Waals surface area contributed by atoms with Gasteiger partial charge < -0.3 is 5.32 Å². The second-order valence-corrected chi connectivity index (χ2v) is 5.11. The van der Waals surface area contributed by atoms with E-state index in [-0.39, 0.29) is 6.04 Å². The van der Waals surface area contributed by atoms with E-state index in [9.17, 15) is 0 Å². The van der Waals surface area contributed by atoms with Crippen molar-refractivity contribution in [3.8, 4) is 0 Å². The molecule has 3 rings (SSSR count). The topological polar surface area (TPSA) is 66.5 Å². The summed E-state index contributed by atoms with van der Waals surface area (Å²) >= 11 is 0. The number of aromatic amines is 1. The molecule has 2 N–H and O–H groups in total. The van der Waals surface area contributed by atoms with E-state index < -0.39 is 0 Å². The highest BCUT2D eigenvalue weighted by Crippen LogP contribution is 2.26. The van der Waals surface area contributed by atoms with Gasteiger partial charge in [0.2, 0.25) is 0 Å². The lowest BCUT2D eigenvalue weighted by molar-refractivity contribution is 0.708. The van der Waals surface area contributed by atoms with E-state index in [0.29, 0.717) is 0 Å². The van der Waals surface area contributed by atoms with Crippen molar-refractivity contribution in [1.29, 1.82) is 0 Å². The summed E-state index contributed by atoms with van der Waals surface area (Å²) in [7, 11) is 0. The van der Waals surface area contributed by atoms with E-state index in [2.05, 4.69) is 32.4 Å². The summed E-state index contributed by atoms with van der Waals surface area (Å²) in [6, 6.07) is 0.195. The third-order valence-electron chi connectivity index (χ3n) is 3.75. The Labute approximate surface area is 112 Å². The zero-order valence-corrected chi connectivity index (χ0v) is 11.2. The van der Waals surface area contributed by atoms with Gasteiger partial charge in [-0.15, -0.1) is 0 Å². The Hall–Kier alpha value is -1.91. The lowest BCUT2D eigenvalue weighted by Crippen LogP contribution is -2.11. The first-order valence-electron chi connectivity index (χ1n) is 6.92. The first-order chi connectivity index (χ1) is 9.34. The number of fused-ring (bicyclic) bond motifs is 1. The van der Waals surface area contributed by atoms with Crippen molar-refractivity contribution in [2.24, 2.45) is 0 Å². The van der Waals surface area contributed by atoms with Crippen LogP contribution >= 0.6 is 0 Å². The van der Waals surface area contributed by atoms with Crippen LogP contribution in [-0.2, 0) is 12.8 Å². The third kappa shape index (κ3) is 2.59. The predicted octanol–water partition coefficient (Wildman–Crippen LogP) is 2.64. The molecule has 5 heteroatoms. The Morgan fingerprint density at radius 1 is 1.21 bits per heavy atom. The van der Waals surface area contributed by atoms with Gasteiger partial charge in [-0.1, -0.05) is 6.42 Å². The number of hydrogen-bond acceptors (Lipinski definition) is 4. The zero-order valence-electron chi connectivity index (χ0n) is 11.2. The predicted molar refractivity (Wildman–Crippen MR) is 73.9 cm³/mol. The van der Waals surface area contributed by atoms with Crippen molar-refractivity contribution in [3.05, 3.63) is 35.5 Å². The molecule has 0 aromatic carbocycles. The maximum atomic E-state index is 4.44. The van der Waals surface area contributed by atoms with Crippen LogP contribution in [0.5, 0.6) is 0 Å². The van der Waals surface area contributed by atoms with Gasteiger partial charge in [0, 0.05) is 23.0 Å². The molecule has 0 fully saturated rings. The fraction of sp³-hybridized carbons (Fsp3) is 0.500. The monoisotopic (exact) mass is 257 g/mol. The molecule has 1 aliphatic rings. The Morgan fingerprint density at radius 2 is 2.11 bits per heavy atom. The average molecular weight is 257 g/mol. The van der Waals surface area contributed by atoms with Gasteiger partial charge in [0.05, 0.1) is 12.2 Å². The van der Waals surface area contributed by atoms with E-state index in [1.54, 1.807) is 6.33 Å². The van der Waals surface area contributed by atoms with Crippen LogP contribution in [0.15, 0.2) is 18.7 Å². The molecule has 2 heterocycles. The standard InChI is InChI=1S/C14H19N5/c1-10(11-7-17-18-8-11)19-14-12-5-3-2-4-6-13(12)15-9-16-14/h7-10H,2-6H2,1H3,(H,17,18)(H,15,16,19). The quantitative estimate of drug-likeness (QED) is 0.830. The Kier molecular flexibility index (Phi) is 3.44. The fourth-order valence-electron chi connectivity index (χ4n) is 2.61. The molecule has 0 spiro atoms. The van der Waals surface area contributed by atoms with Gasteiger partial charge >= 0.3 is 0 Å². The van der Waals surface area contributed by atoms with Crippen molar-refractivity contribution in [2.45, 2.75) is 45.1 Å². The summed E-state index contributed by atoms with van der Waals surface area (Å²) in [6.45, 7) is 2.12. The molecule has 100 valence electrons. The van der Waals surface area contributed by atoms with E-state index in [1.807, 2.05) is 12.4 Å². The molecule has 5 nitrogen and oxygen atoms in total. The smallest absolute Gasteiger partial charge is 0.133 e. The third-order valence-corrected chi connectivity index (χ3v) is 3.75. The van der Waals surface area contributed by atoms with Crippen molar-refractivity contribution < 1.29 is 0 Å². The lowest BCUT2D eigenvalue weighted by Gasteiger charge is -2.16. The molecule has 0 amide bonds. The number of nitrogens with one attached hydrogen (secondary N) is 2. The van der Waals surface area contributed by atoms with Crippen LogP contribution in [0.25, 0.3) is 0 Å². The van der Waals surface area contributed by atoms with Crippen molar-refractivity contribution in [1.82, 2.24) is 20.2 Å². The number of aryl methyl sites for hydroxylation is 1. The summed E-state index contributed by atoms with van der Waals surface area (Å²) in [5.41, 5.74) is 3.66. The highest BCUT2D eigenvalue weighted by Gasteiger charge is 2.16.